The first-order chi connectivity index (χ1) is 10.8. The molecule has 1 heterocycles. The average molecular weight is 319 g/mol. The number of amides is 1. The molecule has 0 unspecified atom stereocenters. The Morgan fingerprint density at radius 2 is 1.83 bits per heavy atom. The molecule has 5 nitrogen and oxygen atoms in total. The van der Waals surface area contributed by atoms with Gasteiger partial charge in [-0.2, -0.15) is 0 Å². The molecule has 23 heavy (non-hydrogen) atoms. The van der Waals surface area contributed by atoms with Gasteiger partial charge < -0.3 is 15.3 Å². The molecular weight excluding hydrogens is 290 g/mol. The van der Waals surface area contributed by atoms with Crippen molar-refractivity contribution in [1.29, 1.82) is 0 Å². The predicted molar refractivity (Wildman–Crippen MR) is 92.3 cm³/mol. The van der Waals surface area contributed by atoms with Crippen molar-refractivity contribution >= 4 is 5.91 Å². The van der Waals surface area contributed by atoms with Crippen LogP contribution in [0.2, 0.25) is 0 Å². The average Bonchev–Trinajstić information content (AvgIpc) is 2.45. The van der Waals surface area contributed by atoms with E-state index in [2.05, 4.69) is 15.1 Å². The number of rotatable bonds is 5. The fourth-order valence-electron chi connectivity index (χ4n) is 2.82. The maximum atomic E-state index is 11.9. The number of benzene rings is 1. The number of carbonyl (C=O) groups excluding carboxylic acids is 1. The third-order valence-electron chi connectivity index (χ3n) is 3.95. The highest BCUT2D eigenvalue weighted by Gasteiger charge is 2.19. The Morgan fingerprint density at radius 3 is 2.43 bits per heavy atom. The van der Waals surface area contributed by atoms with Crippen molar-refractivity contribution in [2.45, 2.75) is 39.3 Å². The van der Waals surface area contributed by atoms with E-state index < -0.39 is 0 Å². The van der Waals surface area contributed by atoms with Crippen LogP contribution in [0.25, 0.3) is 0 Å². The molecule has 5 heteroatoms. The van der Waals surface area contributed by atoms with E-state index in [4.69, 9.17) is 0 Å². The van der Waals surface area contributed by atoms with Crippen LogP contribution >= 0.6 is 0 Å². The first kappa shape index (κ1) is 17.8. The van der Waals surface area contributed by atoms with Gasteiger partial charge in [-0.15, -0.1) is 0 Å². The van der Waals surface area contributed by atoms with Crippen molar-refractivity contribution in [1.82, 2.24) is 15.1 Å². The number of phenolic OH excluding ortho intramolecular Hbond substituents is 1. The monoisotopic (exact) mass is 319 g/mol. The van der Waals surface area contributed by atoms with Gasteiger partial charge >= 0.3 is 0 Å². The topological polar surface area (TPSA) is 55.8 Å². The van der Waals surface area contributed by atoms with E-state index in [0.29, 0.717) is 12.2 Å². The molecule has 2 rings (SSSR count). The number of nitrogens with one attached hydrogen (secondary N) is 1. The number of hydrogen-bond acceptors (Lipinski definition) is 4. The van der Waals surface area contributed by atoms with E-state index in [0.717, 1.165) is 44.8 Å². The van der Waals surface area contributed by atoms with Crippen LogP contribution in [0.1, 0.15) is 32.8 Å². The fourth-order valence-corrected chi connectivity index (χ4v) is 2.82. The molecule has 0 saturated carbocycles. The highest BCUT2D eigenvalue weighted by atomic mass is 16.3. The summed E-state index contributed by atoms with van der Waals surface area (Å²) < 4.78 is 0. The van der Waals surface area contributed by atoms with E-state index >= 15 is 0 Å². The van der Waals surface area contributed by atoms with Gasteiger partial charge in [-0.25, -0.2) is 0 Å². The van der Waals surface area contributed by atoms with Gasteiger partial charge in [-0.05, 0) is 38.5 Å². The molecule has 0 aliphatic carbocycles. The third-order valence-corrected chi connectivity index (χ3v) is 3.95. The molecule has 0 spiro atoms. The summed E-state index contributed by atoms with van der Waals surface area (Å²) in [5.74, 6) is 0.450. The Kier molecular flexibility index (Phi) is 6.02. The van der Waals surface area contributed by atoms with Crippen LogP contribution in [0.15, 0.2) is 24.3 Å². The minimum Gasteiger partial charge on any atom is -0.508 e. The van der Waals surface area contributed by atoms with Gasteiger partial charge in [0, 0.05) is 51.2 Å². The normalized spacial score (nSPS) is 17.2. The molecule has 128 valence electrons. The lowest BCUT2D eigenvalue weighted by molar-refractivity contribution is -0.122. The summed E-state index contributed by atoms with van der Waals surface area (Å²) in [5.41, 5.74) is 0.986. The molecule has 0 radical (unpaired) electrons. The largest absolute Gasteiger partial charge is 0.508 e. The van der Waals surface area contributed by atoms with E-state index in [1.807, 2.05) is 39.0 Å². The van der Waals surface area contributed by atoms with Crippen LogP contribution in [0.3, 0.4) is 0 Å². The third kappa shape index (κ3) is 6.59. The van der Waals surface area contributed by atoms with Crippen molar-refractivity contribution in [3.63, 3.8) is 0 Å². The second-order valence-corrected chi connectivity index (χ2v) is 7.34. The Balaban J connectivity index is 1.69. The highest BCUT2D eigenvalue weighted by Crippen LogP contribution is 2.14. The number of piperazine rings is 1. The van der Waals surface area contributed by atoms with Crippen molar-refractivity contribution in [2.75, 3.05) is 32.7 Å². The van der Waals surface area contributed by atoms with Gasteiger partial charge in [-0.1, -0.05) is 12.1 Å². The van der Waals surface area contributed by atoms with E-state index in [9.17, 15) is 9.90 Å². The Labute approximate surface area is 139 Å². The van der Waals surface area contributed by atoms with E-state index in [1.165, 1.54) is 0 Å². The summed E-state index contributed by atoms with van der Waals surface area (Å²) in [6.07, 6.45) is 0.559. The zero-order valence-electron chi connectivity index (χ0n) is 14.5. The second kappa shape index (κ2) is 7.79. The van der Waals surface area contributed by atoms with Crippen LogP contribution in [0, 0.1) is 0 Å². The van der Waals surface area contributed by atoms with Crippen LogP contribution in [-0.2, 0) is 11.3 Å². The van der Waals surface area contributed by atoms with Gasteiger partial charge in [0.25, 0.3) is 0 Å². The number of nitrogens with zero attached hydrogens (tertiary/aromatic N) is 2. The lowest BCUT2D eigenvalue weighted by atomic mass is 10.1. The van der Waals surface area contributed by atoms with Crippen molar-refractivity contribution in [3.05, 3.63) is 29.8 Å². The smallest absolute Gasteiger partial charge is 0.221 e. The number of hydrogen-bond donors (Lipinski definition) is 2. The van der Waals surface area contributed by atoms with Crippen molar-refractivity contribution < 1.29 is 9.90 Å². The zero-order valence-corrected chi connectivity index (χ0v) is 14.5. The van der Waals surface area contributed by atoms with Gasteiger partial charge in [-0.3, -0.25) is 9.69 Å². The number of phenols is 1. The van der Waals surface area contributed by atoms with Crippen LogP contribution in [0.4, 0.5) is 0 Å². The lowest BCUT2D eigenvalue weighted by Crippen LogP contribution is -2.47. The van der Waals surface area contributed by atoms with Crippen LogP contribution in [-0.4, -0.2) is 59.1 Å². The molecular formula is C18H29N3O2. The number of carbonyl (C=O) groups is 1. The molecule has 1 aliphatic rings. The summed E-state index contributed by atoms with van der Waals surface area (Å²) in [4.78, 5) is 16.6. The fraction of sp³-hybridized carbons (Fsp3) is 0.611. The Morgan fingerprint density at radius 1 is 1.17 bits per heavy atom. The summed E-state index contributed by atoms with van der Waals surface area (Å²) in [7, 11) is 0. The van der Waals surface area contributed by atoms with Gasteiger partial charge in [0.05, 0.1) is 0 Å². The summed E-state index contributed by atoms with van der Waals surface area (Å²) >= 11 is 0. The summed E-state index contributed by atoms with van der Waals surface area (Å²) in [6.45, 7) is 11.7. The van der Waals surface area contributed by atoms with E-state index in [1.54, 1.807) is 6.07 Å². The summed E-state index contributed by atoms with van der Waals surface area (Å²) in [6, 6.07) is 7.45. The quantitative estimate of drug-likeness (QED) is 0.869. The molecule has 1 aromatic rings. The molecule has 2 N–H and O–H groups in total. The maximum absolute atomic E-state index is 11.9. The van der Waals surface area contributed by atoms with E-state index in [-0.39, 0.29) is 11.4 Å². The van der Waals surface area contributed by atoms with Crippen molar-refractivity contribution in [3.8, 4) is 5.75 Å². The van der Waals surface area contributed by atoms with Crippen LogP contribution in [0.5, 0.6) is 5.75 Å². The minimum atomic E-state index is -0.156. The lowest BCUT2D eigenvalue weighted by Gasteiger charge is -2.34. The molecule has 0 aromatic heterocycles. The van der Waals surface area contributed by atoms with Crippen LogP contribution < -0.4 is 5.32 Å². The minimum absolute atomic E-state index is 0.125. The SMILES string of the molecule is CC(C)(C)NC(=O)CCN1CCN(Cc2cccc(O)c2)CC1. The Hall–Kier alpha value is -1.59. The first-order valence-electron chi connectivity index (χ1n) is 8.35. The van der Waals surface area contributed by atoms with Gasteiger partial charge in [0.15, 0.2) is 0 Å². The van der Waals surface area contributed by atoms with Gasteiger partial charge in [0.2, 0.25) is 5.91 Å². The summed E-state index contributed by atoms with van der Waals surface area (Å²) in [5, 5.41) is 12.5. The highest BCUT2D eigenvalue weighted by molar-refractivity contribution is 5.76. The molecule has 1 saturated heterocycles. The molecule has 0 atom stereocenters. The molecule has 1 amide bonds. The number of aromatic hydroxyl groups is 1. The molecule has 0 bridgehead atoms. The first-order valence-corrected chi connectivity index (χ1v) is 8.35. The standard InChI is InChI=1S/C18H29N3O2/c1-18(2,3)19-17(23)7-8-20-9-11-21(12-10-20)14-15-5-4-6-16(22)13-15/h4-6,13,22H,7-12,14H2,1-3H3,(H,19,23). The Bertz CT molecular complexity index is 517. The maximum Gasteiger partial charge on any atom is 0.221 e. The van der Waals surface area contributed by atoms with Gasteiger partial charge in [0.1, 0.15) is 5.75 Å². The molecule has 1 aromatic carbocycles. The molecule has 1 aliphatic heterocycles. The second-order valence-electron chi connectivity index (χ2n) is 7.34. The zero-order chi connectivity index (χ0) is 16.9. The van der Waals surface area contributed by atoms with Crippen molar-refractivity contribution in [2.24, 2.45) is 0 Å². The predicted octanol–water partition coefficient (Wildman–Crippen LogP) is 1.81. The molecule has 1 fully saturated rings.